The number of fused-ring (bicyclic) bond motifs is 1. The smallest absolute Gasteiger partial charge is 0.00433 e. The molecule has 0 amide bonds. The maximum atomic E-state index is 6.32. The van der Waals surface area contributed by atoms with Crippen molar-refractivity contribution in [1.82, 2.24) is 0 Å². The highest BCUT2D eigenvalue weighted by Crippen LogP contribution is 2.56. The Morgan fingerprint density at radius 3 is 2.09 bits per heavy atom. The van der Waals surface area contributed by atoms with Gasteiger partial charge in [-0.1, -0.05) is 59.3 Å². The molecule has 3 fully saturated rings. The van der Waals surface area contributed by atoms with E-state index >= 15 is 0 Å². The lowest BCUT2D eigenvalue weighted by Gasteiger charge is -2.35. The molecule has 0 radical (unpaired) electrons. The summed E-state index contributed by atoms with van der Waals surface area (Å²) in [5.74, 6) is 7.58. The Morgan fingerprint density at radius 2 is 1.50 bits per heavy atom. The second-order valence-electron chi connectivity index (χ2n) is 9.36. The van der Waals surface area contributed by atoms with Crippen molar-refractivity contribution in [3.8, 4) is 0 Å². The van der Waals surface area contributed by atoms with E-state index in [4.69, 9.17) is 5.73 Å². The quantitative estimate of drug-likeness (QED) is 0.730. The summed E-state index contributed by atoms with van der Waals surface area (Å²) >= 11 is 0. The maximum absolute atomic E-state index is 6.32. The lowest BCUT2D eigenvalue weighted by Crippen LogP contribution is -2.29. The van der Waals surface area contributed by atoms with Gasteiger partial charge in [0.05, 0.1) is 0 Å². The van der Waals surface area contributed by atoms with Crippen LogP contribution in [0.3, 0.4) is 0 Å². The van der Waals surface area contributed by atoms with Crippen LogP contribution in [0.25, 0.3) is 0 Å². The molecule has 1 heteroatoms. The molecule has 0 saturated heterocycles. The largest absolute Gasteiger partial charge is 0.330 e. The lowest BCUT2D eigenvalue weighted by atomic mass is 9.70. The van der Waals surface area contributed by atoms with Gasteiger partial charge in [-0.25, -0.2) is 0 Å². The predicted octanol–water partition coefficient (Wildman–Crippen LogP) is 5.49. The highest BCUT2D eigenvalue weighted by molar-refractivity contribution is 5.00. The zero-order valence-corrected chi connectivity index (χ0v) is 15.3. The van der Waals surface area contributed by atoms with Gasteiger partial charge in [0.15, 0.2) is 0 Å². The summed E-state index contributed by atoms with van der Waals surface area (Å²) in [6, 6.07) is 0. The number of hydrogen-bond donors (Lipinski definition) is 1. The van der Waals surface area contributed by atoms with E-state index in [1.165, 1.54) is 57.8 Å². The van der Waals surface area contributed by atoms with Crippen molar-refractivity contribution in [3.05, 3.63) is 0 Å². The average molecular weight is 306 g/mol. The summed E-state index contributed by atoms with van der Waals surface area (Å²) in [5, 5.41) is 0. The van der Waals surface area contributed by atoms with Crippen molar-refractivity contribution in [2.24, 2.45) is 53.1 Å². The standard InChI is InChI=1S/C21H39N/c1-14(2)21-18-7-5-4-6-17(18)20(13-22)19(21)12-16-10-8-15(3)9-11-16/h14-21H,4-13,22H2,1-3H3. The number of rotatable bonds is 4. The van der Waals surface area contributed by atoms with Crippen LogP contribution < -0.4 is 5.73 Å². The molecule has 0 heterocycles. The molecule has 3 aliphatic rings. The van der Waals surface area contributed by atoms with Crippen LogP contribution in [0.1, 0.15) is 78.6 Å². The molecule has 0 bridgehead atoms. The van der Waals surface area contributed by atoms with Crippen molar-refractivity contribution >= 4 is 0 Å². The van der Waals surface area contributed by atoms with Gasteiger partial charge < -0.3 is 5.73 Å². The topological polar surface area (TPSA) is 26.0 Å². The molecule has 3 aliphatic carbocycles. The summed E-state index contributed by atoms with van der Waals surface area (Å²) in [4.78, 5) is 0. The van der Waals surface area contributed by atoms with Gasteiger partial charge >= 0.3 is 0 Å². The molecule has 1 nitrogen and oxygen atoms in total. The molecule has 0 spiro atoms. The second-order valence-corrected chi connectivity index (χ2v) is 9.36. The van der Waals surface area contributed by atoms with Crippen molar-refractivity contribution < 1.29 is 0 Å². The maximum Gasteiger partial charge on any atom is -0.00433 e. The van der Waals surface area contributed by atoms with Gasteiger partial charge in [-0.05, 0) is 73.2 Å². The van der Waals surface area contributed by atoms with E-state index in [0.717, 1.165) is 53.9 Å². The molecule has 0 aromatic carbocycles. The summed E-state index contributed by atoms with van der Waals surface area (Å²) < 4.78 is 0. The Labute approximate surface area is 138 Å². The molecule has 3 rings (SSSR count). The minimum atomic E-state index is 0.844. The fourth-order valence-corrected chi connectivity index (χ4v) is 6.74. The van der Waals surface area contributed by atoms with Crippen LogP contribution in [0.4, 0.5) is 0 Å². The van der Waals surface area contributed by atoms with Gasteiger partial charge in [-0.3, -0.25) is 0 Å². The first-order valence-electron chi connectivity index (χ1n) is 10.3. The first-order chi connectivity index (χ1) is 10.6. The van der Waals surface area contributed by atoms with Gasteiger partial charge in [0.1, 0.15) is 0 Å². The Hall–Kier alpha value is -0.0400. The molecule has 128 valence electrons. The molecular formula is C21H39N. The van der Waals surface area contributed by atoms with E-state index in [1.807, 2.05) is 0 Å². The molecular weight excluding hydrogens is 266 g/mol. The number of nitrogens with two attached hydrogens (primary N) is 1. The Bertz CT molecular complexity index is 342. The molecule has 5 unspecified atom stereocenters. The zero-order chi connectivity index (χ0) is 15.7. The first kappa shape index (κ1) is 16.8. The summed E-state index contributed by atoms with van der Waals surface area (Å²) in [6.07, 6.45) is 13.4. The Balaban J connectivity index is 1.73. The fourth-order valence-electron chi connectivity index (χ4n) is 6.74. The number of hydrogen-bond acceptors (Lipinski definition) is 1. The third-order valence-corrected chi connectivity index (χ3v) is 7.75. The van der Waals surface area contributed by atoms with Crippen LogP contribution >= 0.6 is 0 Å². The SMILES string of the molecule is CC1CCC(CC2C(CN)C3CCCCC3C2C(C)C)CC1. The molecule has 22 heavy (non-hydrogen) atoms. The minimum absolute atomic E-state index is 0.844. The van der Waals surface area contributed by atoms with E-state index in [9.17, 15) is 0 Å². The van der Waals surface area contributed by atoms with Crippen LogP contribution in [-0.4, -0.2) is 6.54 Å². The molecule has 3 saturated carbocycles. The summed E-state index contributed by atoms with van der Waals surface area (Å²) in [7, 11) is 0. The van der Waals surface area contributed by atoms with E-state index in [1.54, 1.807) is 0 Å². The van der Waals surface area contributed by atoms with Crippen molar-refractivity contribution in [2.45, 2.75) is 78.6 Å². The minimum Gasteiger partial charge on any atom is -0.330 e. The molecule has 0 aromatic rings. The molecule has 0 aromatic heterocycles. The highest BCUT2D eigenvalue weighted by Gasteiger charge is 2.50. The Morgan fingerprint density at radius 1 is 0.864 bits per heavy atom. The van der Waals surface area contributed by atoms with Crippen LogP contribution in [0, 0.1) is 47.3 Å². The van der Waals surface area contributed by atoms with E-state index in [-0.39, 0.29) is 0 Å². The third-order valence-electron chi connectivity index (χ3n) is 7.75. The third kappa shape index (κ3) is 3.25. The van der Waals surface area contributed by atoms with Crippen molar-refractivity contribution in [2.75, 3.05) is 6.54 Å². The van der Waals surface area contributed by atoms with E-state index in [2.05, 4.69) is 20.8 Å². The fraction of sp³-hybridized carbons (Fsp3) is 1.00. The first-order valence-corrected chi connectivity index (χ1v) is 10.3. The lowest BCUT2D eigenvalue weighted by molar-refractivity contribution is 0.148. The van der Waals surface area contributed by atoms with Gasteiger partial charge in [0.2, 0.25) is 0 Å². The summed E-state index contributed by atoms with van der Waals surface area (Å²) in [6.45, 7) is 8.38. The van der Waals surface area contributed by atoms with Gasteiger partial charge in [-0.15, -0.1) is 0 Å². The van der Waals surface area contributed by atoms with Gasteiger partial charge in [0, 0.05) is 0 Å². The Kier molecular flexibility index (Phi) is 5.53. The van der Waals surface area contributed by atoms with Gasteiger partial charge in [-0.2, -0.15) is 0 Å². The normalized spacial score (nSPS) is 46.0. The van der Waals surface area contributed by atoms with E-state index in [0.29, 0.717) is 0 Å². The zero-order valence-electron chi connectivity index (χ0n) is 15.3. The highest BCUT2D eigenvalue weighted by atomic mass is 14.6. The monoisotopic (exact) mass is 305 g/mol. The second kappa shape index (κ2) is 7.24. The van der Waals surface area contributed by atoms with Gasteiger partial charge in [0.25, 0.3) is 0 Å². The van der Waals surface area contributed by atoms with E-state index < -0.39 is 0 Å². The van der Waals surface area contributed by atoms with Crippen LogP contribution in [0.5, 0.6) is 0 Å². The van der Waals surface area contributed by atoms with Crippen LogP contribution in [0.15, 0.2) is 0 Å². The van der Waals surface area contributed by atoms with Crippen LogP contribution in [-0.2, 0) is 0 Å². The van der Waals surface area contributed by atoms with Crippen molar-refractivity contribution in [3.63, 3.8) is 0 Å². The molecule has 2 N–H and O–H groups in total. The summed E-state index contributed by atoms with van der Waals surface area (Å²) in [5.41, 5.74) is 6.32. The van der Waals surface area contributed by atoms with Crippen LogP contribution in [0.2, 0.25) is 0 Å². The predicted molar refractivity (Wildman–Crippen MR) is 95.5 cm³/mol. The average Bonchev–Trinajstić information content (AvgIpc) is 2.82. The molecule has 5 atom stereocenters. The van der Waals surface area contributed by atoms with Crippen molar-refractivity contribution in [1.29, 1.82) is 0 Å². The molecule has 0 aliphatic heterocycles.